The fourth-order valence-electron chi connectivity index (χ4n) is 3.16. The van der Waals surface area contributed by atoms with Gasteiger partial charge in [0.2, 0.25) is 0 Å². The van der Waals surface area contributed by atoms with Crippen LogP contribution in [0.4, 0.5) is 5.95 Å². The topological polar surface area (TPSA) is 78.1 Å². The molecule has 7 heteroatoms. The highest BCUT2D eigenvalue weighted by Gasteiger charge is 2.12. The molecule has 0 N–H and O–H groups in total. The molecule has 0 saturated heterocycles. The molecule has 0 bridgehead atoms. The first kappa shape index (κ1) is 19.3. The summed E-state index contributed by atoms with van der Waals surface area (Å²) in [7, 11) is 3.17. The van der Waals surface area contributed by atoms with E-state index in [1.807, 2.05) is 60.7 Å². The van der Waals surface area contributed by atoms with Crippen molar-refractivity contribution in [3.63, 3.8) is 0 Å². The second kappa shape index (κ2) is 8.57. The number of rotatable bonds is 6. The van der Waals surface area contributed by atoms with Gasteiger partial charge in [0.25, 0.3) is 11.5 Å². The second-order valence-corrected chi connectivity index (χ2v) is 6.49. The van der Waals surface area contributed by atoms with E-state index >= 15 is 0 Å². The number of ether oxygens (including phenoxy) is 2. The van der Waals surface area contributed by atoms with Crippen molar-refractivity contribution in [2.75, 3.05) is 14.2 Å². The minimum Gasteiger partial charge on any atom is -0.493 e. The number of nitrogens with zero attached hydrogens (tertiary/aromatic N) is 4. The number of aromatic nitrogens is 2. The Morgan fingerprint density at radius 2 is 1.63 bits per heavy atom. The molecule has 30 heavy (non-hydrogen) atoms. The van der Waals surface area contributed by atoms with E-state index in [2.05, 4.69) is 15.2 Å². The zero-order valence-electron chi connectivity index (χ0n) is 16.6. The smallest absolute Gasteiger partial charge is 0.267 e. The van der Waals surface area contributed by atoms with E-state index in [4.69, 9.17) is 9.47 Å². The minimum absolute atomic E-state index is 0.188. The summed E-state index contributed by atoms with van der Waals surface area (Å²) >= 11 is 0. The van der Waals surface area contributed by atoms with E-state index in [0.717, 1.165) is 5.56 Å². The highest BCUT2D eigenvalue weighted by atomic mass is 16.5. The summed E-state index contributed by atoms with van der Waals surface area (Å²) in [6.07, 6.45) is 0. The lowest BCUT2D eigenvalue weighted by molar-refractivity contribution is 0.354. The molecule has 3 aromatic carbocycles. The summed E-state index contributed by atoms with van der Waals surface area (Å²) in [5, 5.41) is 9.10. The van der Waals surface area contributed by atoms with Crippen LogP contribution < -0.4 is 15.0 Å². The van der Waals surface area contributed by atoms with Gasteiger partial charge in [-0.2, -0.15) is 5.11 Å². The Labute approximate surface area is 173 Å². The molecule has 0 unspecified atom stereocenters. The van der Waals surface area contributed by atoms with Crippen molar-refractivity contribution in [1.29, 1.82) is 0 Å². The molecule has 0 aliphatic heterocycles. The molecule has 4 aromatic rings. The van der Waals surface area contributed by atoms with Crippen LogP contribution in [0.3, 0.4) is 0 Å². The van der Waals surface area contributed by atoms with Crippen LogP contribution in [0.15, 0.2) is 87.8 Å². The molecule has 1 heterocycles. The first-order valence-corrected chi connectivity index (χ1v) is 9.37. The summed E-state index contributed by atoms with van der Waals surface area (Å²) in [6, 6.07) is 22.0. The van der Waals surface area contributed by atoms with Crippen LogP contribution in [0.2, 0.25) is 0 Å². The molecule has 4 rings (SSSR count). The van der Waals surface area contributed by atoms with Crippen LogP contribution in [-0.4, -0.2) is 23.8 Å². The molecule has 0 aliphatic carbocycles. The van der Waals surface area contributed by atoms with Gasteiger partial charge < -0.3 is 9.47 Å². The Kier molecular flexibility index (Phi) is 5.52. The summed E-state index contributed by atoms with van der Waals surface area (Å²) in [5.74, 6) is 1.49. The average Bonchev–Trinajstić information content (AvgIpc) is 2.79. The normalized spacial score (nSPS) is 11.1. The van der Waals surface area contributed by atoms with E-state index in [1.54, 1.807) is 26.4 Å². The Morgan fingerprint density at radius 3 is 2.40 bits per heavy atom. The van der Waals surface area contributed by atoms with Gasteiger partial charge in [-0.15, -0.1) is 5.11 Å². The second-order valence-electron chi connectivity index (χ2n) is 6.49. The maximum absolute atomic E-state index is 13.1. The van der Waals surface area contributed by atoms with Crippen molar-refractivity contribution in [2.45, 2.75) is 6.54 Å². The first-order chi connectivity index (χ1) is 14.7. The zero-order valence-corrected chi connectivity index (χ0v) is 16.6. The van der Waals surface area contributed by atoms with Crippen LogP contribution in [0, 0.1) is 0 Å². The van der Waals surface area contributed by atoms with Crippen molar-refractivity contribution in [3.05, 3.63) is 88.7 Å². The number of methoxy groups -OCH3 is 2. The summed E-state index contributed by atoms with van der Waals surface area (Å²) in [5.41, 5.74) is 1.97. The van der Waals surface area contributed by atoms with E-state index in [9.17, 15) is 4.79 Å². The highest BCUT2D eigenvalue weighted by molar-refractivity contribution is 5.78. The van der Waals surface area contributed by atoms with Crippen molar-refractivity contribution in [3.8, 4) is 17.2 Å². The maximum atomic E-state index is 13.1. The van der Waals surface area contributed by atoms with Crippen molar-refractivity contribution >= 4 is 16.9 Å². The van der Waals surface area contributed by atoms with E-state index in [-0.39, 0.29) is 11.5 Å². The molecule has 1 aromatic heterocycles. The number of hydrogen-bond donors (Lipinski definition) is 0. The van der Waals surface area contributed by atoms with E-state index < -0.39 is 0 Å². The highest BCUT2D eigenvalue weighted by Crippen LogP contribution is 2.28. The molecule has 0 radical (unpaired) electrons. The lowest BCUT2D eigenvalue weighted by atomic mass is 10.2. The Bertz CT molecular complexity index is 1270. The van der Waals surface area contributed by atoms with Crippen LogP contribution >= 0.6 is 0 Å². The van der Waals surface area contributed by atoms with Gasteiger partial charge >= 0.3 is 0 Å². The van der Waals surface area contributed by atoms with Crippen LogP contribution in [0.1, 0.15) is 5.56 Å². The third-order valence-corrected chi connectivity index (χ3v) is 4.63. The van der Waals surface area contributed by atoms with Gasteiger partial charge in [0.05, 0.1) is 37.4 Å². The molecule has 7 nitrogen and oxygen atoms in total. The van der Waals surface area contributed by atoms with Crippen molar-refractivity contribution < 1.29 is 9.47 Å². The van der Waals surface area contributed by atoms with E-state index in [1.165, 1.54) is 4.57 Å². The predicted molar refractivity (Wildman–Crippen MR) is 115 cm³/mol. The van der Waals surface area contributed by atoms with Gasteiger partial charge in [-0.3, -0.25) is 4.79 Å². The molecule has 0 aliphatic rings. The Morgan fingerprint density at radius 1 is 0.900 bits per heavy atom. The standard InChI is InChI=1S/C23H20N4O3/c1-29-20-13-12-16(14-21(20)30-2)15-24-26-23-25-19-11-7-6-10-18(19)22(28)27(23)17-8-4-3-5-9-17/h3-14H,15H2,1-2H3. The van der Waals surface area contributed by atoms with Crippen LogP contribution in [-0.2, 0) is 6.54 Å². The maximum Gasteiger partial charge on any atom is 0.267 e. The third kappa shape index (κ3) is 3.77. The van der Waals surface area contributed by atoms with Gasteiger partial charge in [-0.05, 0) is 42.0 Å². The van der Waals surface area contributed by atoms with Crippen molar-refractivity contribution in [1.82, 2.24) is 9.55 Å². The minimum atomic E-state index is -0.188. The lowest BCUT2D eigenvalue weighted by Gasteiger charge is -2.10. The molecule has 0 amide bonds. The SMILES string of the molecule is COc1ccc(CN=Nc2nc3ccccc3c(=O)n2-c2ccccc2)cc1OC. The largest absolute Gasteiger partial charge is 0.493 e. The average molecular weight is 400 g/mol. The molecular weight excluding hydrogens is 380 g/mol. The third-order valence-electron chi connectivity index (χ3n) is 4.63. The summed E-state index contributed by atoms with van der Waals surface area (Å²) in [4.78, 5) is 17.7. The molecule has 0 spiro atoms. The Balaban J connectivity index is 1.74. The Hall–Kier alpha value is -4.00. The quantitative estimate of drug-likeness (QED) is 0.440. The number of hydrogen-bond acceptors (Lipinski definition) is 6. The lowest BCUT2D eigenvalue weighted by Crippen LogP contribution is -2.19. The zero-order chi connectivity index (χ0) is 20.9. The predicted octanol–water partition coefficient (Wildman–Crippen LogP) is 4.69. The van der Waals surface area contributed by atoms with Gasteiger partial charge in [-0.25, -0.2) is 9.55 Å². The molecular formula is C23H20N4O3. The van der Waals surface area contributed by atoms with Crippen molar-refractivity contribution in [2.24, 2.45) is 10.2 Å². The number of benzene rings is 3. The summed E-state index contributed by atoms with van der Waals surface area (Å²) in [6.45, 7) is 0.303. The van der Waals surface area contributed by atoms with Gasteiger partial charge in [0.15, 0.2) is 11.5 Å². The van der Waals surface area contributed by atoms with Crippen LogP contribution in [0.25, 0.3) is 16.6 Å². The number of para-hydroxylation sites is 2. The van der Waals surface area contributed by atoms with E-state index in [0.29, 0.717) is 34.6 Å². The molecule has 0 atom stereocenters. The first-order valence-electron chi connectivity index (χ1n) is 9.37. The fraction of sp³-hybridized carbons (Fsp3) is 0.130. The van der Waals surface area contributed by atoms with Gasteiger partial charge in [0.1, 0.15) is 0 Å². The number of azo groups is 1. The number of fused-ring (bicyclic) bond motifs is 1. The monoisotopic (exact) mass is 400 g/mol. The fourth-order valence-corrected chi connectivity index (χ4v) is 3.16. The summed E-state index contributed by atoms with van der Waals surface area (Å²) < 4.78 is 12.1. The van der Waals surface area contributed by atoms with Gasteiger partial charge in [0, 0.05) is 0 Å². The van der Waals surface area contributed by atoms with Gasteiger partial charge in [-0.1, -0.05) is 36.4 Å². The molecule has 0 saturated carbocycles. The molecule has 0 fully saturated rings. The molecule has 150 valence electrons. The van der Waals surface area contributed by atoms with Crippen LogP contribution in [0.5, 0.6) is 11.5 Å².